The van der Waals surface area contributed by atoms with Gasteiger partial charge in [0.2, 0.25) is 0 Å². The fourth-order valence-corrected chi connectivity index (χ4v) is 3.98. The molecule has 0 aliphatic carbocycles. The van der Waals surface area contributed by atoms with E-state index in [2.05, 4.69) is 10.4 Å². The quantitative estimate of drug-likeness (QED) is 0.803. The summed E-state index contributed by atoms with van der Waals surface area (Å²) < 4.78 is 15.0. The number of benzene rings is 1. The maximum Gasteiger partial charge on any atom is 0.274 e. The van der Waals surface area contributed by atoms with Crippen LogP contribution in [0.5, 0.6) is 0 Å². The van der Waals surface area contributed by atoms with Crippen LogP contribution in [-0.4, -0.2) is 70.7 Å². The van der Waals surface area contributed by atoms with E-state index in [-0.39, 0.29) is 30.0 Å². The standard InChI is InChI=1S/C21H26FN5O2.ClH/c22-17-6-4-16(5-7-17)20(28)25-10-2-11-26(14-13-25)21(29)19-8-12-27(24-19)18-3-1-9-23-15-18;/h4-8,12,18,23H,1-3,9-11,13-15H2;1H. The highest BCUT2D eigenvalue weighted by Gasteiger charge is 2.25. The Morgan fingerprint density at radius 1 is 0.967 bits per heavy atom. The van der Waals surface area contributed by atoms with E-state index in [0.717, 1.165) is 25.9 Å². The molecule has 2 aromatic rings. The molecular weight excluding hydrogens is 409 g/mol. The zero-order valence-corrected chi connectivity index (χ0v) is 17.6. The van der Waals surface area contributed by atoms with Gasteiger partial charge in [0.05, 0.1) is 6.04 Å². The highest BCUT2D eigenvalue weighted by molar-refractivity contribution is 5.94. The Morgan fingerprint density at radius 2 is 1.67 bits per heavy atom. The van der Waals surface area contributed by atoms with E-state index in [1.54, 1.807) is 15.9 Å². The lowest BCUT2D eigenvalue weighted by Crippen LogP contribution is -2.37. The number of hydrogen-bond donors (Lipinski definition) is 1. The number of rotatable bonds is 3. The summed E-state index contributed by atoms with van der Waals surface area (Å²) in [4.78, 5) is 29.1. The second-order valence-corrected chi connectivity index (χ2v) is 7.63. The monoisotopic (exact) mass is 435 g/mol. The van der Waals surface area contributed by atoms with Gasteiger partial charge in [-0.2, -0.15) is 5.10 Å². The van der Waals surface area contributed by atoms with E-state index in [1.807, 2.05) is 10.9 Å². The van der Waals surface area contributed by atoms with Gasteiger partial charge < -0.3 is 15.1 Å². The highest BCUT2D eigenvalue weighted by Crippen LogP contribution is 2.17. The average Bonchev–Trinajstić information content (AvgIpc) is 3.12. The molecule has 1 aromatic carbocycles. The molecule has 2 amide bonds. The summed E-state index contributed by atoms with van der Waals surface area (Å²) >= 11 is 0. The van der Waals surface area contributed by atoms with Crippen molar-refractivity contribution in [1.82, 2.24) is 24.9 Å². The van der Waals surface area contributed by atoms with Crippen molar-refractivity contribution in [3.63, 3.8) is 0 Å². The van der Waals surface area contributed by atoms with Crippen LogP contribution in [-0.2, 0) is 0 Å². The molecule has 2 aliphatic heterocycles. The van der Waals surface area contributed by atoms with E-state index in [0.29, 0.717) is 49.9 Å². The SMILES string of the molecule is Cl.O=C(c1ccc(F)cc1)N1CCCN(C(=O)c2ccn(C3CCCNC3)n2)CC1. The average molecular weight is 436 g/mol. The van der Waals surface area contributed by atoms with Crippen LogP contribution in [0, 0.1) is 5.82 Å². The van der Waals surface area contributed by atoms with Crippen molar-refractivity contribution in [2.75, 3.05) is 39.3 Å². The smallest absolute Gasteiger partial charge is 0.274 e. The molecule has 0 radical (unpaired) electrons. The van der Waals surface area contributed by atoms with E-state index in [4.69, 9.17) is 0 Å². The van der Waals surface area contributed by atoms with Crippen molar-refractivity contribution in [3.8, 4) is 0 Å². The van der Waals surface area contributed by atoms with Crippen molar-refractivity contribution < 1.29 is 14.0 Å². The molecule has 0 saturated carbocycles. The first-order chi connectivity index (χ1) is 14.1. The van der Waals surface area contributed by atoms with Crippen LogP contribution in [0.1, 0.15) is 46.2 Å². The molecule has 7 nitrogen and oxygen atoms in total. The Kier molecular flexibility index (Phi) is 7.44. The van der Waals surface area contributed by atoms with Crippen molar-refractivity contribution in [1.29, 1.82) is 0 Å². The van der Waals surface area contributed by atoms with Gasteiger partial charge >= 0.3 is 0 Å². The molecular formula is C21H27ClFN5O2. The lowest BCUT2D eigenvalue weighted by molar-refractivity contribution is 0.0715. The molecule has 3 heterocycles. The van der Waals surface area contributed by atoms with Crippen LogP contribution in [0.25, 0.3) is 0 Å². The maximum atomic E-state index is 13.1. The topological polar surface area (TPSA) is 70.5 Å². The van der Waals surface area contributed by atoms with Crippen LogP contribution >= 0.6 is 12.4 Å². The summed E-state index contributed by atoms with van der Waals surface area (Å²) in [6, 6.07) is 7.65. The third kappa shape index (κ3) is 4.99. The van der Waals surface area contributed by atoms with Gasteiger partial charge in [-0.3, -0.25) is 14.3 Å². The lowest BCUT2D eigenvalue weighted by Gasteiger charge is -2.23. The third-order valence-corrected chi connectivity index (χ3v) is 5.63. The van der Waals surface area contributed by atoms with Crippen LogP contribution in [0.3, 0.4) is 0 Å². The van der Waals surface area contributed by atoms with E-state index in [1.165, 1.54) is 24.3 Å². The third-order valence-electron chi connectivity index (χ3n) is 5.63. The molecule has 4 rings (SSSR count). The highest BCUT2D eigenvalue weighted by atomic mass is 35.5. The van der Waals surface area contributed by atoms with Crippen LogP contribution in [0.4, 0.5) is 4.39 Å². The Hall–Kier alpha value is -2.45. The van der Waals surface area contributed by atoms with E-state index >= 15 is 0 Å². The number of hydrogen-bond acceptors (Lipinski definition) is 4. The Morgan fingerprint density at radius 3 is 2.33 bits per heavy atom. The molecule has 0 spiro atoms. The van der Waals surface area contributed by atoms with Gasteiger partial charge in [0.25, 0.3) is 11.8 Å². The predicted octanol–water partition coefficient (Wildman–Crippen LogP) is 2.36. The molecule has 1 aromatic heterocycles. The summed E-state index contributed by atoms with van der Waals surface area (Å²) in [5.74, 6) is -0.588. The van der Waals surface area contributed by atoms with Gasteiger partial charge in [-0.25, -0.2) is 4.39 Å². The van der Waals surface area contributed by atoms with Crippen molar-refractivity contribution in [3.05, 3.63) is 53.6 Å². The zero-order valence-electron chi connectivity index (χ0n) is 16.8. The summed E-state index contributed by atoms with van der Waals surface area (Å²) in [6.45, 7) is 3.98. The second kappa shape index (κ2) is 10.0. The van der Waals surface area contributed by atoms with E-state index < -0.39 is 0 Å². The van der Waals surface area contributed by atoms with Gasteiger partial charge in [-0.15, -0.1) is 12.4 Å². The molecule has 30 heavy (non-hydrogen) atoms. The van der Waals surface area contributed by atoms with Crippen molar-refractivity contribution in [2.24, 2.45) is 0 Å². The first-order valence-corrected chi connectivity index (χ1v) is 10.2. The summed E-state index contributed by atoms with van der Waals surface area (Å²) in [5, 5.41) is 7.88. The number of amides is 2. The molecule has 2 aliphatic rings. The minimum absolute atomic E-state index is 0. The van der Waals surface area contributed by atoms with Gasteiger partial charge in [0, 0.05) is 44.5 Å². The first kappa shape index (κ1) is 22.2. The van der Waals surface area contributed by atoms with Gasteiger partial charge in [0.1, 0.15) is 11.5 Å². The number of nitrogens with one attached hydrogen (secondary N) is 1. The van der Waals surface area contributed by atoms with Gasteiger partial charge in [-0.05, 0) is 56.1 Å². The molecule has 0 bridgehead atoms. The summed E-state index contributed by atoms with van der Waals surface area (Å²) in [5.41, 5.74) is 0.917. The minimum atomic E-state index is -0.363. The molecule has 2 saturated heterocycles. The second-order valence-electron chi connectivity index (χ2n) is 7.63. The maximum absolute atomic E-state index is 13.1. The number of carbonyl (C=O) groups is 2. The van der Waals surface area contributed by atoms with Crippen LogP contribution in [0.15, 0.2) is 36.5 Å². The number of piperidine rings is 1. The fraction of sp³-hybridized carbons (Fsp3) is 0.476. The number of carbonyl (C=O) groups excluding carboxylic acids is 2. The van der Waals surface area contributed by atoms with Crippen molar-refractivity contribution >= 4 is 24.2 Å². The molecule has 9 heteroatoms. The molecule has 2 fully saturated rings. The van der Waals surface area contributed by atoms with Crippen LogP contribution in [0.2, 0.25) is 0 Å². The number of halogens is 2. The summed E-state index contributed by atoms with van der Waals surface area (Å²) in [7, 11) is 0. The number of aromatic nitrogens is 2. The molecule has 162 valence electrons. The van der Waals surface area contributed by atoms with E-state index in [9.17, 15) is 14.0 Å². The van der Waals surface area contributed by atoms with Crippen LogP contribution < -0.4 is 5.32 Å². The lowest BCUT2D eigenvalue weighted by atomic mass is 10.1. The fourth-order valence-electron chi connectivity index (χ4n) is 3.98. The Labute approximate surface area is 181 Å². The predicted molar refractivity (Wildman–Crippen MR) is 113 cm³/mol. The minimum Gasteiger partial charge on any atom is -0.337 e. The first-order valence-electron chi connectivity index (χ1n) is 10.2. The molecule has 1 unspecified atom stereocenters. The normalized spacial score (nSPS) is 19.7. The summed E-state index contributed by atoms with van der Waals surface area (Å²) in [6.07, 6.45) is 4.75. The van der Waals surface area contributed by atoms with Gasteiger partial charge in [0.15, 0.2) is 0 Å². The Bertz CT molecular complexity index is 867. The zero-order chi connectivity index (χ0) is 20.2. The van der Waals surface area contributed by atoms with Crippen molar-refractivity contribution in [2.45, 2.75) is 25.3 Å². The molecule has 1 N–H and O–H groups in total. The Balaban J connectivity index is 0.00000256. The number of nitrogens with zero attached hydrogens (tertiary/aromatic N) is 4. The molecule has 1 atom stereocenters. The largest absolute Gasteiger partial charge is 0.337 e. The van der Waals surface area contributed by atoms with Gasteiger partial charge in [-0.1, -0.05) is 0 Å².